The molecule has 9 nitrogen and oxygen atoms in total. The number of amides is 3. The zero-order valence-corrected chi connectivity index (χ0v) is 19.9. The third kappa shape index (κ3) is 4.55. The summed E-state index contributed by atoms with van der Waals surface area (Å²) >= 11 is 0. The van der Waals surface area contributed by atoms with Crippen LogP contribution < -0.4 is 15.0 Å². The van der Waals surface area contributed by atoms with Gasteiger partial charge in [-0.3, -0.25) is 14.4 Å². The third-order valence-corrected chi connectivity index (χ3v) is 8.17. The fraction of sp³-hybridized carbons (Fsp3) is 0.375. The summed E-state index contributed by atoms with van der Waals surface area (Å²) in [4.78, 5) is 38.7. The van der Waals surface area contributed by atoms with Crippen LogP contribution >= 0.6 is 0 Å². The van der Waals surface area contributed by atoms with Crippen LogP contribution in [-0.4, -0.2) is 49.6 Å². The Hall–Kier alpha value is -3.24. The van der Waals surface area contributed by atoms with Gasteiger partial charge in [0, 0.05) is 18.7 Å². The molecule has 1 atom stereocenters. The normalized spacial score (nSPS) is 19.1. The second kappa shape index (κ2) is 9.55. The van der Waals surface area contributed by atoms with Crippen molar-refractivity contribution >= 4 is 39.1 Å². The molecule has 10 heteroatoms. The Labute approximate surface area is 198 Å². The van der Waals surface area contributed by atoms with Crippen LogP contribution in [-0.2, 0) is 24.4 Å². The van der Waals surface area contributed by atoms with Gasteiger partial charge in [-0.05, 0) is 61.4 Å². The number of ether oxygens (including phenoxy) is 1. The maximum atomic E-state index is 13.7. The molecule has 2 aliphatic rings. The number of sulfonamides is 1. The van der Waals surface area contributed by atoms with Crippen molar-refractivity contribution in [2.45, 2.75) is 56.0 Å². The molecule has 0 radical (unpaired) electrons. The maximum Gasteiger partial charge on any atom is 0.252 e. The molecule has 1 unspecified atom stereocenters. The van der Waals surface area contributed by atoms with E-state index in [1.165, 1.54) is 30.5 Å². The van der Waals surface area contributed by atoms with E-state index in [0.717, 1.165) is 17.7 Å². The number of carbonyl (C=O) groups is 3. The molecule has 0 aromatic heterocycles. The molecule has 0 spiro atoms. The monoisotopic (exact) mass is 485 g/mol. The topological polar surface area (TPSA) is 113 Å². The van der Waals surface area contributed by atoms with Gasteiger partial charge >= 0.3 is 0 Å². The number of nitrogens with zero attached hydrogens (tertiary/aromatic N) is 2. The van der Waals surface area contributed by atoms with Gasteiger partial charge in [0.15, 0.2) is 0 Å². The second-order valence-electron chi connectivity index (χ2n) is 8.46. The molecule has 1 heterocycles. The minimum Gasteiger partial charge on any atom is -0.497 e. The lowest BCUT2D eigenvalue weighted by atomic mass is 10.2. The molecule has 2 aromatic rings. The number of rotatable bonds is 7. The molecule has 34 heavy (non-hydrogen) atoms. The highest BCUT2D eigenvalue weighted by Crippen LogP contribution is 2.36. The summed E-state index contributed by atoms with van der Waals surface area (Å²) in [7, 11) is -2.55. The predicted octanol–water partition coefficient (Wildman–Crippen LogP) is 2.92. The van der Waals surface area contributed by atoms with Crippen molar-refractivity contribution in [2.24, 2.45) is 0 Å². The number of benzene rings is 2. The second-order valence-corrected chi connectivity index (χ2v) is 10.3. The average molecular weight is 486 g/mol. The van der Waals surface area contributed by atoms with E-state index >= 15 is 0 Å². The lowest BCUT2D eigenvalue weighted by Gasteiger charge is -2.32. The van der Waals surface area contributed by atoms with Crippen LogP contribution in [0.4, 0.5) is 11.4 Å². The Morgan fingerprint density at radius 2 is 1.65 bits per heavy atom. The van der Waals surface area contributed by atoms with E-state index in [1.807, 2.05) is 0 Å². The van der Waals surface area contributed by atoms with E-state index < -0.39 is 27.9 Å². The van der Waals surface area contributed by atoms with Crippen molar-refractivity contribution < 1.29 is 27.5 Å². The largest absolute Gasteiger partial charge is 0.497 e. The highest BCUT2D eigenvalue weighted by Gasteiger charge is 2.49. The van der Waals surface area contributed by atoms with Crippen LogP contribution in [0.25, 0.3) is 0 Å². The van der Waals surface area contributed by atoms with Gasteiger partial charge in [0.2, 0.25) is 21.8 Å². The van der Waals surface area contributed by atoms with Gasteiger partial charge in [0.25, 0.3) is 5.91 Å². The predicted molar refractivity (Wildman–Crippen MR) is 126 cm³/mol. The van der Waals surface area contributed by atoms with Crippen LogP contribution in [0.3, 0.4) is 0 Å². The molecule has 1 aliphatic heterocycles. The van der Waals surface area contributed by atoms with Crippen molar-refractivity contribution in [3.05, 3.63) is 48.5 Å². The lowest BCUT2D eigenvalue weighted by Crippen LogP contribution is -2.49. The first-order chi connectivity index (χ1) is 16.2. The highest BCUT2D eigenvalue weighted by molar-refractivity contribution is 7.89. The Bertz CT molecular complexity index is 1190. The van der Waals surface area contributed by atoms with Gasteiger partial charge in [0.05, 0.1) is 24.1 Å². The summed E-state index contributed by atoms with van der Waals surface area (Å²) in [5.41, 5.74) is 0.862. The Balaban J connectivity index is 1.66. The average Bonchev–Trinajstić information content (AvgIpc) is 3.43. The Kier molecular flexibility index (Phi) is 6.72. The van der Waals surface area contributed by atoms with Gasteiger partial charge < -0.3 is 10.1 Å². The molecule has 1 saturated heterocycles. The summed E-state index contributed by atoms with van der Waals surface area (Å²) in [5, 5.41) is 2.63. The molecule has 1 saturated carbocycles. The van der Waals surface area contributed by atoms with Crippen molar-refractivity contribution in [2.75, 3.05) is 17.3 Å². The minimum absolute atomic E-state index is 0.0542. The van der Waals surface area contributed by atoms with Gasteiger partial charge in [-0.25, -0.2) is 13.3 Å². The van der Waals surface area contributed by atoms with Crippen molar-refractivity contribution in [3.63, 3.8) is 0 Å². The molecular weight excluding hydrogens is 458 g/mol. The molecular formula is C24H27N3O6S. The number of anilines is 2. The number of hydrogen-bond donors (Lipinski definition) is 1. The first-order valence-corrected chi connectivity index (χ1v) is 12.6. The number of carbonyl (C=O) groups excluding carboxylic acids is 3. The van der Waals surface area contributed by atoms with E-state index in [9.17, 15) is 22.8 Å². The zero-order valence-electron chi connectivity index (χ0n) is 19.1. The Morgan fingerprint density at radius 1 is 1.03 bits per heavy atom. The molecule has 2 aromatic carbocycles. The van der Waals surface area contributed by atoms with Crippen LogP contribution in [0, 0.1) is 0 Å². The molecule has 3 amide bonds. The standard InChI is InChI=1S/C24H27N3O6S/c1-16(28)25-17-7-9-18(10-8-17)26-23(29)15-22(24(26)30)27(19-5-3-4-6-19)34(31,32)21-13-11-20(33-2)12-14-21/h7-14,19,22H,3-6,15H2,1-2H3,(H,25,28). The molecule has 2 fully saturated rings. The van der Waals surface area contributed by atoms with Crippen LogP contribution in [0.5, 0.6) is 5.75 Å². The molecule has 1 N–H and O–H groups in total. The number of imide groups is 1. The van der Waals surface area contributed by atoms with E-state index in [2.05, 4.69) is 5.32 Å². The molecule has 180 valence electrons. The maximum absolute atomic E-state index is 13.7. The summed E-state index contributed by atoms with van der Waals surface area (Å²) in [6.45, 7) is 1.38. The van der Waals surface area contributed by atoms with Crippen molar-refractivity contribution in [1.82, 2.24) is 4.31 Å². The highest BCUT2D eigenvalue weighted by atomic mass is 32.2. The van der Waals surface area contributed by atoms with Crippen molar-refractivity contribution in [1.29, 1.82) is 0 Å². The van der Waals surface area contributed by atoms with Gasteiger partial charge in [-0.2, -0.15) is 4.31 Å². The van der Waals surface area contributed by atoms with Crippen molar-refractivity contribution in [3.8, 4) is 5.75 Å². The first-order valence-electron chi connectivity index (χ1n) is 11.1. The van der Waals surface area contributed by atoms with E-state index in [0.29, 0.717) is 30.0 Å². The summed E-state index contributed by atoms with van der Waals surface area (Å²) in [6.07, 6.45) is 2.78. The quantitative estimate of drug-likeness (QED) is 0.604. The number of methoxy groups -OCH3 is 1. The zero-order chi connectivity index (χ0) is 24.5. The lowest BCUT2D eigenvalue weighted by molar-refractivity contribution is -0.122. The van der Waals surface area contributed by atoms with E-state index in [-0.39, 0.29) is 23.3 Å². The van der Waals surface area contributed by atoms with Gasteiger partial charge in [-0.15, -0.1) is 0 Å². The summed E-state index contributed by atoms with van der Waals surface area (Å²) in [5.74, 6) is -0.749. The molecule has 1 aliphatic carbocycles. The van der Waals surface area contributed by atoms with E-state index in [1.54, 1.807) is 36.4 Å². The molecule has 0 bridgehead atoms. The van der Waals surface area contributed by atoms with Crippen LogP contribution in [0.2, 0.25) is 0 Å². The van der Waals surface area contributed by atoms with Gasteiger partial charge in [0.1, 0.15) is 11.8 Å². The summed E-state index contributed by atoms with van der Waals surface area (Å²) < 4.78 is 33.8. The van der Waals surface area contributed by atoms with Crippen LogP contribution in [0.1, 0.15) is 39.0 Å². The smallest absolute Gasteiger partial charge is 0.252 e. The fourth-order valence-electron chi connectivity index (χ4n) is 4.63. The Morgan fingerprint density at radius 3 is 2.21 bits per heavy atom. The van der Waals surface area contributed by atoms with Crippen LogP contribution in [0.15, 0.2) is 53.4 Å². The SMILES string of the molecule is COc1ccc(S(=O)(=O)N(C2CCCC2)C2CC(=O)N(c3ccc(NC(C)=O)cc3)C2=O)cc1. The minimum atomic E-state index is -4.04. The van der Waals surface area contributed by atoms with E-state index in [4.69, 9.17) is 4.74 Å². The summed E-state index contributed by atoms with van der Waals surface area (Å²) in [6, 6.07) is 10.9. The van der Waals surface area contributed by atoms with Gasteiger partial charge in [-0.1, -0.05) is 12.8 Å². The number of hydrogen-bond acceptors (Lipinski definition) is 6. The fourth-order valence-corrected chi connectivity index (χ4v) is 6.46. The molecule has 4 rings (SSSR count). The third-order valence-electron chi connectivity index (χ3n) is 6.20. The first kappa shape index (κ1) is 23.9. The number of nitrogens with one attached hydrogen (secondary N) is 1.